The zero-order valence-corrected chi connectivity index (χ0v) is 23.0. The summed E-state index contributed by atoms with van der Waals surface area (Å²) in [6.45, 7) is 0.508. The summed E-state index contributed by atoms with van der Waals surface area (Å²) < 4.78 is 7.91. The number of carbonyl (C=O) groups is 1. The molecule has 0 aliphatic heterocycles. The third-order valence-electron chi connectivity index (χ3n) is 4.98. The number of carbonyl (C=O) groups excluding carboxylic acids is 1. The van der Waals surface area contributed by atoms with Gasteiger partial charge < -0.3 is 10.1 Å². The summed E-state index contributed by atoms with van der Waals surface area (Å²) in [4.78, 5) is 12.3. The molecule has 0 unspecified atom stereocenters. The summed E-state index contributed by atoms with van der Waals surface area (Å²) in [5.74, 6) is 0.565. The van der Waals surface area contributed by atoms with E-state index in [0.29, 0.717) is 11.6 Å². The third kappa shape index (κ3) is 6.39. The molecule has 4 aromatic carbocycles. The van der Waals surface area contributed by atoms with Gasteiger partial charge in [-0.05, 0) is 80.4 Å². The van der Waals surface area contributed by atoms with Crippen molar-refractivity contribution >= 4 is 85.4 Å². The Hall–Kier alpha value is -2.37. The molecule has 4 aromatic rings. The van der Waals surface area contributed by atoms with Crippen LogP contribution < -0.4 is 15.5 Å². The van der Waals surface area contributed by atoms with Crippen LogP contribution in [0.1, 0.15) is 11.1 Å². The highest BCUT2D eigenvalue weighted by Crippen LogP contribution is 2.30. The monoisotopic (exact) mass is 695 g/mol. The molecule has 0 atom stereocenters. The number of hydrogen-bond donors (Lipinski definition) is 2. The van der Waals surface area contributed by atoms with Crippen molar-refractivity contribution in [3.63, 3.8) is 0 Å². The summed E-state index contributed by atoms with van der Waals surface area (Å²) in [6.07, 6.45) is 1.62. The van der Waals surface area contributed by atoms with Crippen molar-refractivity contribution < 1.29 is 9.53 Å². The lowest BCUT2D eigenvalue weighted by Gasteiger charge is -2.12. The van der Waals surface area contributed by atoms with Gasteiger partial charge in [0, 0.05) is 21.7 Å². The zero-order chi connectivity index (χ0) is 23.9. The molecule has 4 rings (SSSR count). The maximum Gasteiger partial charge on any atom is 0.259 e. The standard InChI is InChI=1S/C26H20ClI2N3O2/c27-21-10-4-2-7-19(21)16-34-26-22(28)12-17(13-23(26)29)14-31-32-25(33)15-30-24-11-5-8-18-6-1-3-9-20(18)24/h1-14,30H,15-16H2,(H,32,33)/b31-14-. The van der Waals surface area contributed by atoms with Gasteiger partial charge in [0.05, 0.1) is 19.9 Å². The number of fused-ring (bicyclic) bond motifs is 1. The molecule has 0 aliphatic carbocycles. The molecule has 1 amide bonds. The van der Waals surface area contributed by atoms with Gasteiger partial charge in [0.2, 0.25) is 0 Å². The molecule has 0 saturated heterocycles. The second-order valence-electron chi connectivity index (χ2n) is 7.37. The van der Waals surface area contributed by atoms with Gasteiger partial charge in [-0.1, -0.05) is 66.2 Å². The molecule has 2 N–H and O–H groups in total. The molecule has 0 spiro atoms. The molecule has 0 aromatic heterocycles. The third-order valence-corrected chi connectivity index (χ3v) is 6.95. The predicted molar refractivity (Wildman–Crippen MR) is 156 cm³/mol. The molecule has 5 nitrogen and oxygen atoms in total. The normalized spacial score (nSPS) is 11.0. The van der Waals surface area contributed by atoms with Crippen molar-refractivity contribution in [3.05, 3.63) is 102 Å². The minimum absolute atomic E-state index is 0.120. The number of nitrogens with one attached hydrogen (secondary N) is 2. The molecule has 0 radical (unpaired) electrons. The van der Waals surface area contributed by atoms with E-state index in [1.165, 1.54) is 0 Å². The molecule has 172 valence electrons. The molecule has 0 bridgehead atoms. The average Bonchev–Trinajstić information content (AvgIpc) is 2.83. The highest BCUT2D eigenvalue weighted by molar-refractivity contribution is 14.1. The summed E-state index contributed by atoms with van der Waals surface area (Å²) in [6, 6.07) is 25.5. The molecule has 34 heavy (non-hydrogen) atoms. The summed E-state index contributed by atoms with van der Waals surface area (Å²) in [5.41, 5.74) is 5.28. The number of anilines is 1. The number of hydrazone groups is 1. The molecular formula is C26H20ClI2N3O2. The molecule has 0 aliphatic rings. The van der Waals surface area contributed by atoms with Crippen molar-refractivity contribution in [2.45, 2.75) is 6.61 Å². The van der Waals surface area contributed by atoms with Gasteiger partial charge in [0.15, 0.2) is 0 Å². The van der Waals surface area contributed by atoms with Crippen LogP contribution in [0.5, 0.6) is 5.75 Å². The lowest BCUT2D eigenvalue weighted by Crippen LogP contribution is -2.25. The van der Waals surface area contributed by atoms with Crippen LogP contribution >= 0.6 is 56.8 Å². The number of halogens is 3. The van der Waals surface area contributed by atoms with E-state index < -0.39 is 0 Å². The number of nitrogens with zero attached hydrogens (tertiary/aromatic N) is 1. The quantitative estimate of drug-likeness (QED) is 0.121. The molecule has 0 saturated carbocycles. The van der Waals surface area contributed by atoms with Crippen LogP contribution in [0.2, 0.25) is 5.02 Å². The van der Waals surface area contributed by atoms with Crippen LogP contribution in [-0.2, 0) is 11.4 Å². The SMILES string of the molecule is O=C(CNc1cccc2ccccc12)N/N=C\c1cc(I)c(OCc2ccccc2Cl)c(I)c1. The maximum absolute atomic E-state index is 12.3. The minimum Gasteiger partial charge on any atom is -0.487 e. The average molecular weight is 696 g/mol. The largest absolute Gasteiger partial charge is 0.487 e. The molecule has 8 heteroatoms. The number of rotatable bonds is 8. The first kappa shape index (κ1) is 24.7. The maximum atomic E-state index is 12.3. The fourth-order valence-electron chi connectivity index (χ4n) is 3.33. The van der Waals surface area contributed by atoms with Gasteiger partial charge in [-0.25, -0.2) is 5.43 Å². The minimum atomic E-state index is -0.228. The Balaban J connectivity index is 1.33. The van der Waals surface area contributed by atoms with Gasteiger partial charge in [-0.3, -0.25) is 4.79 Å². The predicted octanol–water partition coefficient (Wildman–Crippen LogP) is 6.84. The van der Waals surface area contributed by atoms with Crippen molar-refractivity contribution in [1.29, 1.82) is 0 Å². The number of ether oxygens (including phenoxy) is 1. The highest BCUT2D eigenvalue weighted by atomic mass is 127. The van der Waals surface area contributed by atoms with Crippen molar-refractivity contribution in [3.8, 4) is 5.75 Å². The van der Waals surface area contributed by atoms with Crippen molar-refractivity contribution in [2.24, 2.45) is 5.10 Å². The Kier molecular flexibility index (Phi) is 8.63. The summed E-state index contributed by atoms with van der Waals surface area (Å²) >= 11 is 10.7. The Labute approximate surface area is 230 Å². The van der Waals surface area contributed by atoms with Crippen LogP contribution in [0, 0.1) is 7.14 Å². The number of benzene rings is 4. The van der Waals surface area contributed by atoms with Gasteiger partial charge in [0.1, 0.15) is 12.4 Å². The van der Waals surface area contributed by atoms with Crippen LogP contribution in [0.3, 0.4) is 0 Å². The Morgan fingerprint density at radius 1 is 0.971 bits per heavy atom. The van der Waals surface area contributed by atoms with Gasteiger partial charge in [-0.2, -0.15) is 5.10 Å². The topological polar surface area (TPSA) is 62.7 Å². The van der Waals surface area contributed by atoms with Crippen molar-refractivity contribution in [2.75, 3.05) is 11.9 Å². The molecule has 0 fully saturated rings. The highest BCUT2D eigenvalue weighted by Gasteiger charge is 2.10. The van der Waals surface area contributed by atoms with E-state index in [1.54, 1.807) is 6.21 Å². The van der Waals surface area contributed by atoms with Gasteiger partial charge in [0.25, 0.3) is 5.91 Å². The lowest BCUT2D eigenvalue weighted by atomic mass is 10.1. The first-order chi connectivity index (χ1) is 16.5. The van der Waals surface area contributed by atoms with Crippen LogP contribution in [0.15, 0.2) is 84.0 Å². The van der Waals surface area contributed by atoms with E-state index in [1.807, 2.05) is 78.9 Å². The lowest BCUT2D eigenvalue weighted by molar-refractivity contribution is -0.119. The Bertz CT molecular complexity index is 1330. The van der Waals surface area contributed by atoms with E-state index in [4.69, 9.17) is 16.3 Å². The van der Waals surface area contributed by atoms with E-state index in [2.05, 4.69) is 61.0 Å². The van der Waals surface area contributed by atoms with Crippen LogP contribution in [0.4, 0.5) is 5.69 Å². The first-order valence-corrected chi connectivity index (χ1v) is 12.9. The van der Waals surface area contributed by atoms with Crippen molar-refractivity contribution in [1.82, 2.24) is 5.43 Å². The van der Waals surface area contributed by atoms with E-state index in [-0.39, 0.29) is 12.5 Å². The van der Waals surface area contributed by atoms with Crippen LogP contribution in [-0.4, -0.2) is 18.7 Å². The zero-order valence-electron chi connectivity index (χ0n) is 17.9. The Morgan fingerprint density at radius 3 is 2.47 bits per heavy atom. The van der Waals surface area contributed by atoms with Gasteiger partial charge in [-0.15, -0.1) is 0 Å². The molecular weight excluding hydrogens is 676 g/mol. The summed E-state index contributed by atoms with van der Waals surface area (Å²) in [7, 11) is 0. The fraction of sp³-hybridized carbons (Fsp3) is 0.0769. The smallest absolute Gasteiger partial charge is 0.259 e. The second-order valence-corrected chi connectivity index (χ2v) is 10.1. The summed E-state index contributed by atoms with van der Waals surface area (Å²) in [5, 5.41) is 10.2. The fourth-order valence-corrected chi connectivity index (χ4v) is 5.65. The van der Waals surface area contributed by atoms with Gasteiger partial charge >= 0.3 is 0 Å². The van der Waals surface area contributed by atoms with E-state index >= 15 is 0 Å². The first-order valence-electron chi connectivity index (χ1n) is 10.4. The number of amides is 1. The van der Waals surface area contributed by atoms with E-state index in [0.717, 1.165) is 40.5 Å². The van der Waals surface area contributed by atoms with Crippen LogP contribution in [0.25, 0.3) is 10.8 Å². The Morgan fingerprint density at radius 2 is 1.68 bits per heavy atom. The second kappa shape index (κ2) is 11.9. The number of hydrogen-bond acceptors (Lipinski definition) is 4. The van der Waals surface area contributed by atoms with E-state index in [9.17, 15) is 4.79 Å². The molecule has 0 heterocycles.